The fourth-order valence-electron chi connectivity index (χ4n) is 1.85. The van der Waals surface area contributed by atoms with E-state index in [0.717, 1.165) is 50.1 Å². The van der Waals surface area contributed by atoms with Crippen molar-refractivity contribution >= 4 is 41.5 Å². The molecule has 0 aliphatic rings. The molecule has 0 atom stereocenters. The average Bonchev–Trinajstić information content (AvgIpc) is 2.49. The molecule has 0 amide bonds. The molecule has 1 aromatic rings. The van der Waals surface area contributed by atoms with E-state index in [2.05, 4.69) is 34.7 Å². The molecule has 0 aliphatic heterocycles. The van der Waals surface area contributed by atoms with Crippen LogP contribution in [-0.4, -0.2) is 38.8 Å². The highest BCUT2D eigenvalue weighted by atomic mass is 127. The molecule has 0 bridgehead atoms. The number of hydrogen-bond acceptors (Lipinski definition) is 2. The van der Waals surface area contributed by atoms with E-state index in [4.69, 9.17) is 16.3 Å². The first-order valence-corrected chi connectivity index (χ1v) is 7.98. The maximum atomic E-state index is 5.87. The summed E-state index contributed by atoms with van der Waals surface area (Å²) in [7, 11) is 0. The number of guanidine groups is 1. The summed E-state index contributed by atoms with van der Waals surface area (Å²) in [6, 6.07) is 7.99. The third kappa shape index (κ3) is 10.2. The molecule has 0 aliphatic carbocycles. The molecule has 0 spiro atoms. The molecule has 0 saturated carbocycles. The lowest BCUT2D eigenvalue weighted by atomic mass is 10.1. The topological polar surface area (TPSA) is 45.7 Å². The lowest BCUT2D eigenvalue weighted by Gasteiger charge is -2.11. The standard InChI is InChI=1S/C16H26ClN3O.HI/c1-3-18-16(20-12-13-21-4-2)19-11-5-6-14-7-9-15(17)10-8-14;/h7-10H,3-6,11-13H2,1-2H3,(H2,18,19,20);1H. The number of rotatable bonds is 9. The molecule has 0 radical (unpaired) electrons. The lowest BCUT2D eigenvalue weighted by molar-refractivity contribution is 0.152. The minimum atomic E-state index is 0. The first-order valence-electron chi connectivity index (χ1n) is 7.60. The Bertz CT molecular complexity index is 412. The van der Waals surface area contributed by atoms with Gasteiger partial charge in [-0.2, -0.15) is 0 Å². The Morgan fingerprint density at radius 3 is 2.55 bits per heavy atom. The van der Waals surface area contributed by atoms with Crippen molar-refractivity contribution in [2.45, 2.75) is 26.7 Å². The number of ether oxygens (including phenoxy) is 1. The van der Waals surface area contributed by atoms with Crippen molar-refractivity contribution in [1.29, 1.82) is 0 Å². The van der Waals surface area contributed by atoms with Gasteiger partial charge in [-0.15, -0.1) is 24.0 Å². The molecule has 0 aromatic heterocycles. The molecular weight excluding hydrogens is 413 g/mol. The molecular formula is C16H27ClIN3O. The first kappa shape index (κ1) is 21.5. The molecule has 6 heteroatoms. The van der Waals surface area contributed by atoms with Gasteiger partial charge >= 0.3 is 0 Å². The van der Waals surface area contributed by atoms with E-state index in [1.165, 1.54) is 5.56 Å². The van der Waals surface area contributed by atoms with E-state index in [9.17, 15) is 0 Å². The molecule has 1 rings (SSSR count). The molecule has 22 heavy (non-hydrogen) atoms. The summed E-state index contributed by atoms with van der Waals surface area (Å²) >= 11 is 5.87. The van der Waals surface area contributed by atoms with Gasteiger partial charge in [-0.1, -0.05) is 23.7 Å². The van der Waals surface area contributed by atoms with Crippen LogP contribution in [0.25, 0.3) is 0 Å². The van der Waals surface area contributed by atoms with Crippen LogP contribution >= 0.6 is 35.6 Å². The minimum Gasteiger partial charge on any atom is -0.380 e. The summed E-state index contributed by atoms with van der Waals surface area (Å²) in [4.78, 5) is 4.56. The van der Waals surface area contributed by atoms with Crippen LogP contribution in [0.2, 0.25) is 5.02 Å². The molecule has 0 heterocycles. The van der Waals surface area contributed by atoms with Gasteiger partial charge in [0.15, 0.2) is 5.96 Å². The van der Waals surface area contributed by atoms with E-state index < -0.39 is 0 Å². The second-order valence-corrected chi connectivity index (χ2v) is 5.05. The summed E-state index contributed by atoms with van der Waals surface area (Å²) in [5.41, 5.74) is 1.30. The number of nitrogens with one attached hydrogen (secondary N) is 2. The summed E-state index contributed by atoms with van der Waals surface area (Å²) in [6.45, 7) is 7.94. The molecule has 0 fully saturated rings. The zero-order chi connectivity index (χ0) is 15.3. The van der Waals surface area contributed by atoms with Crippen LogP contribution in [0.4, 0.5) is 0 Å². The van der Waals surface area contributed by atoms with Crippen molar-refractivity contribution in [3.05, 3.63) is 34.9 Å². The number of benzene rings is 1. The minimum absolute atomic E-state index is 0. The third-order valence-corrected chi connectivity index (χ3v) is 3.15. The van der Waals surface area contributed by atoms with Gasteiger partial charge in [-0.05, 0) is 44.4 Å². The Labute approximate surface area is 156 Å². The Hall–Kier alpha value is -0.530. The molecule has 4 nitrogen and oxygen atoms in total. The van der Waals surface area contributed by atoms with E-state index in [1.54, 1.807) is 0 Å². The van der Waals surface area contributed by atoms with Crippen molar-refractivity contribution in [2.75, 3.05) is 32.8 Å². The van der Waals surface area contributed by atoms with Crippen LogP contribution in [-0.2, 0) is 11.2 Å². The quantitative estimate of drug-likeness (QED) is 0.268. The van der Waals surface area contributed by atoms with Gasteiger partial charge in [0.05, 0.1) is 6.61 Å². The first-order chi connectivity index (χ1) is 10.3. The van der Waals surface area contributed by atoms with Crippen molar-refractivity contribution in [2.24, 2.45) is 4.99 Å². The lowest BCUT2D eigenvalue weighted by Crippen LogP contribution is -2.39. The maximum Gasteiger partial charge on any atom is 0.191 e. The largest absolute Gasteiger partial charge is 0.380 e. The summed E-state index contributed by atoms with van der Waals surface area (Å²) < 4.78 is 5.30. The smallest absolute Gasteiger partial charge is 0.191 e. The Morgan fingerprint density at radius 1 is 1.18 bits per heavy atom. The normalized spacial score (nSPS) is 11.0. The summed E-state index contributed by atoms with van der Waals surface area (Å²) in [5, 5.41) is 7.27. The van der Waals surface area contributed by atoms with E-state index >= 15 is 0 Å². The number of halogens is 2. The van der Waals surface area contributed by atoms with Crippen LogP contribution in [0.1, 0.15) is 25.8 Å². The van der Waals surface area contributed by atoms with Crippen molar-refractivity contribution in [3.8, 4) is 0 Å². The predicted octanol–water partition coefficient (Wildman–Crippen LogP) is 3.48. The molecule has 2 N–H and O–H groups in total. The maximum absolute atomic E-state index is 5.87. The Balaban J connectivity index is 0.00000441. The number of aryl methyl sites for hydroxylation is 1. The molecule has 0 saturated heterocycles. The van der Waals surface area contributed by atoms with Crippen LogP contribution in [0, 0.1) is 0 Å². The second kappa shape index (κ2) is 14.1. The summed E-state index contributed by atoms with van der Waals surface area (Å²) in [6.07, 6.45) is 2.03. The van der Waals surface area contributed by atoms with Crippen LogP contribution in [0.15, 0.2) is 29.3 Å². The van der Waals surface area contributed by atoms with E-state index in [-0.39, 0.29) is 24.0 Å². The zero-order valence-corrected chi connectivity index (χ0v) is 16.5. The molecule has 0 unspecified atom stereocenters. The Kier molecular flexibility index (Phi) is 13.7. The van der Waals surface area contributed by atoms with Crippen LogP contribution < -0.4 is 10.6 Å². The van der Waals surface area contributed by atoms with E-state index in [1.807, 2.05) is 19.1 Å². The number of aliphatic imine (C=N–C) groups is 1. The fraction of sp³-hybridized carbons (Fsp3) is 0.562. The zero-order valence-electron chi connectivity index (χ0n) is 13.4. The van der Waals surface area contributed by atoms with Gasteiger partial charge in [-0.25, -0.2) is 0 Å². The summed E-state index contributed by atoms with van der Waals surface area (Å²) in [5.74, 6) is 0.855. The van der Waals surface area contributed by atoms with Crippen molar-refractivity contribution in [3.63, 3.8) is 0 Å². The molecule has 126 valence electrons. The predicted molar refractivity (Wildman–Crippen MR) is 106 cm³/mol. The van der Waals surface area contributed by atoms with Gasteiger partial charge in [0, 0.05) is 31.3 Å². The SMILES string of the molecule is CCNC(=NCCCc1ccc(Cl)cc1)NCCOCC.I. The highest BCUT2D eigenvalue weighted by Gasteiger charge is 1.97. The van der Waals surface area contributed by atoms with E-state index in [0.29, 0.717) is 6.61 Å². The van der Waals surface area contributed by atoms with Crippen LogP contribution in [0.5, 0.6) is 0 Å². The van der Waals surface area contributed by atoms with Gasteiger partial charge in [0.2, 0.25) is 0 Å². The second-order valence-electron chi connectivity index (χ2n) is 4.61. The van der Waals surface area contributed by atoms with Gasteiger partial charge in [-0.3, -0.25) is 4.99 Å². The monoisotopic (exact) mass is 439 g/mol. The highest BCUT2D eigenvalue weighted by Crippen LogP contribution is 2.10. The fourth-order valence-corrected chi connectivity index (χ4v) is 1.98. The van der Waals surface area contributed by atoms with Crippen molar-refractivity contribution in [1.82, 2.24) is 10.6 Å². The Morgan fingerprint density at radius 2 is 1.91 bits per heavy atom. The van der Waals surface area contributed by atoms with Gasteiger partial charge in [0.1, 0.15) is 0 Å². The van der Waals surface area contributed by atoms with Crippen LogP contribution in [0.3, 0.4) is 0 Å². The number of nitrogens with zero attached hydrogens (tertiary/aromatic N) is 1. The highest BCUT2D eigenvalue weighted by molar-refractivity contribution is 14.0. The average molecular weight is 440 g/mol. The van der Waals surface area contributed by atoms with Gasteiger partial charge < -0.3 is 15.4 Å². The number of hydrogen-bond donors (Lipinski definition) is 2. The van der Waals surface area contributed by atoms with Gasteiger partial charge in [0.25, 0.3) is 0 Å². The van der Waals surface area contributed by atoms with Crippen molar-refractivity contribution < 1.29 is 4.74 Å². The third-order valence-electron chi connectivity index (χ3n) is 2.89. The molecule has 1 aromatic carbocycles.